The van der Waals surface area contributed by atoms with Crippen molar-refractivity contribution in [3.8, 4) is 11.5 Å². The van der Waals surface area contributed by atoms with Crippen LogP contribution in [0.3, 0.4) is 0 Å². The second kappa shape index (κ2) is 11.3. The molecule has 6 heteroatoms. The number of nitrogens with zero attached hydrogens (tertiary/aromatic N) is 1. The maximum atomic E-state index is 12.2. The highest BCUT2D eigenvalue weighted by atomic mass is 16.5. The maximum Gasteiger partial charge on any atom is 0.258 e. The first kappa shape index (κ1) is 22.6. The number of rotatable bonds is 10. The quantitative estimate of drug-likeness (QED) is 0.616. The minimum Gasteiger partial charge on any atom is -0.492 e. The Balaban J connectivity index is 1.17. The molecule has 1 aliphatic carbocycles. The zero-order chi connectivity index (χ0) is 22.2. The fraction of sp³-hybridized carbons (Fsp3) is 0.500. The molecule has 172 valence electrons. The molecular formula is C26H34N2O4. The molecule has 1 aliphatic heterocycles. The molecule has 0 saturated carbocycles. The van der Waals surface area contributed by atoms with Gasteiger partial charge in [-0.05, 0) is 80.1 Å². The minimum atomic E-state index is -0.130. The molecule has 2 aliphatic rings. The fourth-order valence-electron chi connectivity index (χ4n) is 4.40. The number of ether oxygens (including phenoxy) is 3. The summed E-state index contributed by atoms with van der Waals surface area (Å²) in [5.74, 6) is 1.46. The summed E-state index contributed by atoms with van der Waals surface area (Å²) in [5, 5.41) is 2.93. The van der Waals surface area contributed by atoms with Crippen molar-refractivity contribution < 1.29 is 19.0 Å². The molecule has 32 heavy (non-hydrogen) atoms. The van der Waals surface area contributed by atoms with E-state index in [-0.39, 0.29) is 12.5 Å². The summed E-state index contributed by atoms with van der Waals surface area (Å²) in [4.78, 5) is 14.6. The number of hydrogen-bond acceptors (Lipinski definition) is 5. The first-order valence-electron chi connectivity index (χ1n) is 11.7. The van der Waals surface area contributed by atoms with Crippen molar-refractivity contribution in [3.63, 3.8) is 0 Å². The van der Waals surface area contributed by atoms with Gasteiger partial charge in [0.2, 0.25) is 0 Å². The predicted octanol–water partition coefficient (Wildman–Crippen LogP) is 3.36. The molecule has 0 radical (unpaired) electrons. The summed E-state index contributed by atoms with van der Waals surface area (Å²) >= 11 is 0. The van der Waals surface area contributed by atoms with Gasteiger partial charge in [-0.2, -0.15) is 0 Å². The molecule has 1 saturated heterocycles. The Morgan fingerprint density at radius 1 is 1.06 bits per heavy atom. The van der Waals surface area contributed by atoms with Crippen LogP contribution < -0.4 is 14.8 Å². The van der Waals surface area contributed by atoms with Crippen LogP contribution in [0.1, 0.15) is 36.0 Å². The van der Waals surface area contributed by atoms with Crippen LogP contribution >= 0.6 is 0 Å². The number of carbonyl (C=O) groups is 1. The van der Waals surface area contributed by atoms with Crippen molar-refractivity contribution in [2.24, 2.45) is 0 Å². The van der Waals surface area contributed by atoms with E-state index in [0.717, 1.165) is 62.5 Å². The van der Waals surface area contributed by atoms with Gasteiger partial charge in [0.15, 0.2) is 6.61 Å². The van der Waals surface area contributed by atoms with Gasteiger partial charge in [0.25, 0.3) is 5.91 Å². The van der Waals surface area contributed by atoms with Crippen LogP contribution in [-0.2, 0) is 28.9 Å². The van der Waals surface area contributed by atoms with Gasteiger partial charge in [-0.15, -0.1) is 0 Å². The van der Waals surface area contributed by atoms with E-state index in [1.807, 2.05) is 30.3 Å². The van der Waals surface area contributed by atoms with Gasteiger partial charge >= 0.3 is 0 Å². The summed E-state index contributed by atoms with van der Waals surface area (Å²) in [6.07, 6.45) is 5.62. The van der Waals surface area contributed by atoms with E-state index in [0.29, 0.717) is 19.2 Å². The zero-order valence-corrected chi connectivity index (χ0v) is 19.0. The zero-order valence-electron chi connectivity index (χ0n) is 19.0. The lowest BCUT2D eigenvalue weighted by Gasteiger charge is -2.31. The summed E-state index contributed by atoms with van der Waals surface area (Å²) in [5.41, 5.74) is 3.75. The molecule has 0 bridgehead atoms. The maximum absolute atomic E-state index is 12.2. The largest absolute Gasteiger partial charge is 0.492 e. The smallest absolute Gasteiger partial charge is 0.258 e. The first-order valence-corrected chi connectivity index (χ1v) is 11.7. The van der Waals surface area contributed by atoms with Crippen molar-refractivity contribution in [1.29, 1.82) is 0 Å². The molecule has 0 spiro atoms. The van der Waals surface area contributed by atoms with Crippen molar-refractivity contribution in [3.05, 3.63) is 59.2 Å². The molecular weight excluding hydrogens is 404 g/mol. The van der Waals surface area contributed by atoms with Gasteiger partial charge in [-0.1, -0.05) is 18.2 Å². The lowest BCUT2D eigenvalue weighted by atomic mass is 10.1. The standard InChI is InChI=1S/C26H34N2O4/c1-28(23-10-13-30-14-11-23)12-15-31-24-7-2-4-20(16-24)18-27-26(29)19-32-25-9-8-21-5-3-6-22(21)17-25/h2,4,7-9,16-17,23H,3,5-6,10-15,18-19H2,1H3,(H,27,29). The Hall–Kier alpha value is -2.57. The van der Waals surface area contributed by atoms with Crippen LogP contribution in [0.2, 0.25) is 0 Å². The Labute approximate surface area is 190 Å². The van der Waals surface area contributed by atoms with Gasteiger partial charge in [0.1, 0.15) is 18.1 Å². The number of benzene rings is 2. The Morgan fingerprint density at radius 2 is 1.88 bits per heavy atom. The molecule has 0 atom stereocenters. The van der Waals surface area contributed by atoms with Crippen LogP contribution in [0.25, 0.3) is 0 Å². The molecule has 2 aromatic carbocycles. The highest BCUT2D eigenvalue weighted by Crippen LogP contribution is 2.26. The van der Waals surface area contributed by atoms with Gasteiger partial charge in [0.05, 0.1) is 0 Å². The molecule has 1 N–H and O–H groups in total. The van der Waals surface area contributed by atoms with Crippen LogP contribution in [0, 0.1) is 0 Å². The number of fused-ring (bicyclic) bond motifs is 1. The summed E-state index contributed by atoms with van der Waals surface area (Å²) in [7, 11) is 2.15. The Bertz CT molecular complexity index is 895. The van der Waals surface area contributed by atoms with Gasteiger partial charge in [-0.25, -0.2) is 0 Å². The SMILES string of the molecule is CN(CCOc1cccc(CNC(=O)COc2ccc3c(c2)CCC3)c1)C1CCOCC1. The van der Waals surface area contributed by atoms with Gasteiger partial charge < -0.3 is 19.5 Å². The number of carbonyl (C=O) groups excluding carboxylic acids is 1. The van der Waals surface area contributed by atoms with E-state index in [9.17, 15) is 4.79 Å². The lowest BCUT2D eigenvalue weighted by molar-refractivity contribution is -0.123. The van der Waals surface area contributed by atoms with Crippen LogP contribution in [0.5, 0.6) is 11.5 Å². The molecule has 1 heterocycles. The van der Waals surface area contributed by atoms with E-state index in [1.165, 1.54) is 17.5 Å². The van der Waals surface area contributed by atoms with Crippen molar-refractivity contribution in [2.45, 2.75) is 44.7 Å². The van der Waals surface area contributed by atoms with E-state index in [4.69, 9.17) is 14.2 Å². The molecule has 0 unspecified atom stereocenters. The van der Waals surface area contributed by atoms with Crippen LogP contribution in [0.15, 0.2) is 42.5 Å². The van der Waals surface area contributed by atoms with Crippen LogP contribution in [0.4, 0.5) is 0 Å². The molecule has 1 fully saturated rings. The third-order valence-corrected chi connectivity index (χ3v) is 6.35. The highest BCUT2D eigenvalue weighted by molar-refractivity contribution is 5.77. The second-order valence-electron chi connectivity index (χ2n) is 8.67. The number of hydrogen-bond donors (Lipinski definition) is 1. The lowest BCUT2D eigenvalue weighted by Crippen LogP contribution is -2.38. The third-order valence-electron chi connectivity index (χ3n) is 6.35. The molecule has 6 nitrogen and oxygen atoms in total. The molecule has 0 aromatic heterocycles. The van der Waals surface area contributed by atoms with Crippen molar-refractivity contribution >= 4 is 5.91 Å². The Kier molecular flexibility index (Phi) is 8.02. The minimum absolute atomic E-state index is 0.0213. The summed E-state index contributed by atoms with van der Waals surface area (Å²) in [6, 6.07) is 14.6. The van der Waals surface area contributed by atoms with E-state index < -0.39 is 0 Å². The average Bonchev–Trinajstić information content (AvgIpc) is 3.30. The van der Waals surface area contributed by atoms with Crippen LogP contribution in [-0.4, -0.2) is 56.9 Å². The van der Waals surface area contributed by atoms with Gasteiger partial charge in [-0.3, -0.25) is 9.69 Å². The predicted molar refractivity (Wildman–Crippen MR) is 124 cm³/mol. The van der Waals surface area contributed by atoms with Gasteiger partial charge in [0, 0.05) is 32.3 Å². The average molecular weight is 439 g/mol. The molecule has 2 aromatic rings. The monoisotopic (exact) mass is 438 g/mol. The van der Waals surface area contributed by atoms with E-state index >= 15 is 0 Å². The Morgan fingerprint density at radius 3 is 2.75 bits per heavy atom. The normalized spacial score (nSPS) is 16.1. The number of nitrogens with one attached hydrogen (secondary N) is 1. The topological polar surface area (TPSA) is 60.0 Å². The first-order chi connectivity index (χ1) is 15.7. The molecule has 1 amide bonds. The highest BCUT2D eigenvalue weighted by Gasteiger charge is 2.18. The fourth-order valence-corrected chi connectivity index (χ4v) is 4.40. The number of aryl methyl sites for hydroxylation is 2. The second-order valence-corrected chi connectivity index (χ2v) is 8.67. The summed E-state index contributed by atoms with van der Waals surface area (Å²) in [6.45, 7) is 3.69. The van der Waals surface area contributed by atoms with Crippen molar-refractivity contribution in [1.82, 2.24) is 10.2 Å². The number of likely N-dealkylation sites (N-methyl/N-ethyl adjacent to an activating group) is 1. The number of amides is 1. The van der Waals surface area contributed by atoms with E-state index in [1.54, 1.807) is 0 Å². The summed E-state index contributed by atoms with van der Waals surface area (Å²) < 4.78 is 17.1. The third kappa shape index (κ3) is 6.47. The van der Waals surface area contributed by atoms with Crippen molar-refractivity contribution in [2.75, 3.05) is 40.0 Å². The van der Waals surface area contributed by atoms with E-state index in [2.05, 4.69) is 29.4 Å². The molecule has 4 rings (SSSR count).